The third-order valence-corrected chi connectivity index (χ3v) is 3.45. The van der Waals surface area contributed by atoms with Crippen LogP contribution in [0.5, 0.6) is 0 Å². The Bertz CT molecular complexity index is 268. The molecule has 0 aliphatic carbocycles. The van der Waals surface area contributed by atoms with E-state index in [1.165, 1.54) is 0 Å². The molecular weight excluding hydrogens is 270 g/mol. The number of aliphatic hydroxyl groups is 1. The number of hydrogen-bond donors (Lipinski definition) is 1. The maximum Gasteiger partial charge on any atom is 0.217 e. The lowest BCUT2D eigenvalue weighted by atomic mass is 9.98. The van der Waals surface area contributed by atoms with Crippen LogP contribution in [0.25, 0.3) is 0 Å². The Hall–Kier alpha value is -0.300. The second kappa shape index (κ2) is 8.87. The van der Waals surface area contributed by atoms with Crippen LogP contribution in [0.1, 0.15) is 39.5 Å². The topological polar surface area (TPSA) is 47.9 Å². The first-order valence-electron chi connectivity index (χ1n) is 7.37. The molecule has 20 heavy (non-hydrogen) atoms. The van der Waals surface area contributed by atoms with Crippen molar-refractivity contribution in [2.45, 2.75) is 63.7 Å². The molecule has 1 heterocycles. The Morgan fingerprint density at radius 3 is 2.45 bits per heavy atom. The van der Waals surface area contributed by atoms with Crippen LogP contribution in [-0.4, -0.2) is 55.8 Å². The molecule has 0 amide bonds. The average Bonchev–Trinajstić information content (AvgIpc) is 2.69. The molecule has 1 fully saturated rings. The summed E-state index contributed by atoms with van der Waals surface area (Å²) in [5.74, 6) is 0. The number of rotatable bonds is 10. The standard InChI is InChI=1S/C14H26F2O4/c1-3-5-7-18-9-11-12(19-8-6-4-2)14(16,10-15)13(17)20-11/h11-13,17H,3-10H2,1-2H3/t11-,12?,13-,14-/m1/s1. The summed E-state index contributed by atoms with van der Waals surface area (Å²) in [5, 5.41) is 9.58. The summed E-state index contributed by atoms with van der Waals surface area (Å²) < 4.78 is 43.3. The van der Waals surface area contributed by atoms with Crippen molar-refractivity contribution in [3.8, 4) is 0 Å². The van der Waals surface area contributed by atoms with Crippen LogP contribution >= 0.6 is 0 Å². The summed E-state index contributed by atoms with van der Waals surface area (Å²) in [7, 11) is 0. The number of ether oxygens (including phenoxy) is 3. The lowest BCUT2D eigenvalue weighted by molar-refractivity contribution is -0.156. The summed E-state index contributed by atoms with van der Waals surface area (Å²) in [6.07, 6.45) is -0.196. The first kappa shape index (κ1) is 17.8. The van der Waals surface area contributed by atoms with Crippen LogP contribution in [0.15, 0.2) is 0 Å². The van der Waals surface area contributed by atoms with Crippen molar-refractivity contribution in [3.05, 3.63) is 0 Å². The van der Waals surface area contributed by atoms with Gasteiger partial charge in [-0.05, 0) is 12.8 Å². The van der Waals surface area contributed by atoms with E-state index in [9.17, 15) is 13.9 Å². The Morgan fingerprint density at radius 1 is 1.20 bits per heavy atom. The van der Waals surface area contributed by atoms with Crippen LogP contribution in [0.3, 0.4) is 0 Å². The molecule has 120 valence electrons. The fourth-order valence-corrected chi connectivity index (χ4v) is 2.11. The zero-order valence-electron chi connectivity index (χ0n) is 12.3. The molecular formula is C14H26F2O4. The van der Waals surface area contributed by atoms with Gasteiger partial charge in [-0.25, -0.2) is 8.78 Å². The molecule has 0 aromatic carbocycles. The van der Waals surface area contributed by atoms with Gasteiger partial charge in [0.25, 0.3) is 0 Å². The number of unbranched alkanes of at least 4 members (excludes halogenated alkanes) is 2. The van der Waals surface area contributed by atoms with Crippen molar-refractivity contribution in [2.24, 2.45) is 0 Å². The Kier molecular flexibility index (Phi) is 7.87. The van der Waals surface area contributed by atoms with E-state index in [1.54, 1.807) is 0 Å². The Labute approximate surface area is 119 Å². The third kappa shape index (κ3) is 4.35. The van der Waals surface area contributed by atoms with Gasteiger partial charge in [-0.3, -0.25) is 0 Å². The van der Waals surface area contributed by atoms with E-state index in [2.05, 4.69) is 0 Å². The van der Waals surface area contributed by atoms with E-state index in [1.807, 2.05) is 13.8 Å². The largest absolute Gasteiger partial charge is 0.379 e. The minimum atomic E-state index is -2.51. The molecule has 0 bridgehead atoms. The maximum atomic E-state index is 14.4. The quantitative estimate of drug-likeness (QED) is 0.629. The maximum absolute atomic E-state index is 14.4. The van der Waals surface area contributed by atoms with E-state index < -0.39 is 30.8 Å². The number of aliphatic hydroxyl groups excluding tert-OH is 1. The highest BCUT2D eigenvalue weighted by molar-refractivity contribution is 5.01. The summed E-state index contributed by atoms with van der Waals surface area (Å²) in [6.45, 7) is 3.62. The molecule has 0 aromatic heterocycles. The first-order chi connectivity index (χ1) is 9.60. The molecule has 4 atom stereocenters. The first-order valence-corrected chi connectivity index (χ1v) is 7.37. The van der Waals surface area contributed by atoms with E-state index in [0.29, 0.717) is 13.2 Å². The zero-order chi connectivity index (χ0) is 15.0. The Balaban J connectivity index is 2.56. The molecule has 1 aliphatic rings. The van der Waals surface area contributed by atoms with Gasteiger partial charge in [0.1, 0.15) is 18.9 Å². The van der Waals surface area contributed by atoms with Crippen LogP contribution in [0.2, 0.25) is 0 Å². The highest BCUT2D eigenvalue weighted by Crippen LogP contribution is 2.36. The molecule has 0 spiro atoms. The second-order valence-corrected chi connectivity index (χ2v) is 5.16. The molecule has 0 radical (unpaired) electrons. The SMILES string of the molecule is CCCCOC[C@H]1O[C@@H](O)[C@@](F)(CF)C1OCCCC. The highest BCUT2D eigenvalue weighted by Gasteiger charge is 2.58. The van der Waals surface area contributed by atoms with Crippen LogP contribution in [0.4, 0.5) is 8.78 Å². The van der Waals surface area contributed by atoms with Gasteiger partial charge in [0.15, 0.2) is 6.29 Å². The molecule has 1 rings (SSSR count). The normalized spacial score (nSPS) is 33.8. The fraction of sp³-hybridized carbons (Fsp3) is 1.00. The minimum Gasteiger partial charge on any atom is -0.379 e. The van der Waals surface area contributed by atoms with Gasteiger partial charge in [0, 0.05) is 13.2 Å². The van der Waals surface area contributed by atoms with Crippen LogP contribution < -0.4 is 0 Å². The lowest BCUT2D eigenvalue weighted by Crippen LogP contribution is -2.48. The van der Waals surface area contributed by atoms with Crippen molar-refractivity contribution >= 4 is 0 Å². The predicted octanol–water partition coefficient (Wildman–Crippen LogP) is 2.38. The monoisotopic (exact) mass is 296 g/mol. The van der Waals surface area contributed by atoms with Crippen molar-refractivity contribution < 1.29 is 28.1 Å². The molecule has 6 heteroatoms. The fourth-order valence-electron chi connectivity index (χ4n) is 2.11. The number of hydrogen-bond acceptors (Lipinski definition) is 4. The van der Waals surface area contributed by atoms with Gasteiger partial charge >= 0.3 is 0 Å². The van der Waals surface area contributed by atoms with Crippen molar-refractivity contribution in [1.29, 1.82) is 0 Å². The molecule has 1 unspecified atom stereocenters. The van der Waals surface area contributed by atoms with Crippen LogP contribution in [0, 0.1) is 0 Å². The van der Waals surface area contributed by atoms with E-state index >= 15 is 0 Å². The average molecular weight is 296 g/mol. The van der Waals surface area contributed by atoms with Crippen molar-refractivity contribution in [2.75, 3.05) is 26.5 Å². The molecule has 1 aliphatic heterocycles. The van der Waals surface area contributed by atoms with Crippen molar-refractivity contribution in [1.82, 2.24) is 0 Å². The second-order valence-electron chi connectivity index (χ2n) is 5.16. The van der Waals surface area contributed by atoms with Gasteiger partial charge in [-0.15, -0.1) is 0 Å². The molecule has 1 saturated heterocycles. The molecule has 4 nitrogen and oxygen atoms in total. The number of alkyl halides is 2. The van der Waals surface area contributed by atoms with Gasteiger partial charge in [-0.2, -0.15) is 0 Å². The highest BCUT2D eigenvalue weighted by atomic mass is 19.2. The molecule has 0 aromatic rings. The lowest BCUT2D eigenvalue weighted by Gasteiger charge is -2.26. The van der Waals surface area contributed by atoms with E-state index in [0.717, 1.165) is 25.7 Å². The Morgan fingerprint density at radius 2 is 1.85 bits per heavy atom. The van der Waals surface area contributed by atoms with Crippen molar-refractivity contribution in [3.63, 3.8) is 0 Å². The van der Waals surface area contributed by atoms with E-state index in [-0.39, 0.29) is 6.61 Å². The minimum absolute atomic E-state index is 0.0967. The van der Waals surface area contributed by atoms with Gasteiger partial charge in [-0.1, -0.05) is 26.7 Å². The summed E-state index contributed by atoms with van der Waals surface area (Å²) in [5.41, 5.74) is -2.51. The summed E-state index contributed by atoms with van der Waals surface area (Å²) in [4.78, 5) is 0. The van der Waals surface area contributed by atoms with E-state index in [4.69, 9.17) is 14.2 Å². The van der Waals surface area contributed by atoms with Gasteiger partial charge in [0.2, 0.25) is 5.67 Å². The third-order valence-electron chi connectivity index (χ3n) is 3.45. The van der Waals surface area contributed by atoms with Crippen LogP contribution in [-0.2, 0) is 14.2 Å². The molecule has 1 N–H and O–H groups in total. The van der Waals surface area contributed by atoms with Gasteiger partial charge in [0.05, 0.1) is 6.61 Å². The summed E-state index contributed by atoms with van der Waals surface area (Å²) >= 11 is 0. The predicted molar refractivity (Wildman–Crippen MR) is 71.1 cm³/mol. The zero-order valence-corrected chi connectivity index (χ0v) is 12.3. The smallest absolute Gasteiger partial charge is 0.217 e. The van der Waals surface area contributed by atoms with Gasteiger partial charge < -0.3 is 19.3 Å². The summed E-state index contributed by atoms with van der Waals surface area (Å²) in [6, 6.07) is 0. The molecule has 0 saturated carbocycles. The number of halogens is 2.